The zero-order valence-electron chi connectivity index (χ0n) is 20.7. The number of hydrogen-bond acceptors (Lipinski definition) is 4. The van der Waals surface area contributed by atoms with Crippen molar-refractivity contribution < 1.29 is 18.6 Å². The maximum absolute atomic E-state index is 6.27. The second-order valence-electron chi connectivity index (χ2n) is 11.3. The van der Waals surface area contributed by atoms with Crippen molar-refractivity contribution in [1.29, 1.82) is 0 Å². The molecule has 2 aliphatic rings. The van der Waals surface area contributed by atoms with Gasteiger partial charge in [-0.15, -0.1) is 0 Å². The summed E-state index contributed by atoms with van der Waals surface area (Å²) in [5.74, 6) is 0. The number of nitrogens with zero attached hydrogens (tertiary/aromatic N) is 1. The number of benzene rings is 2. The normalized spacial score (nSPS) is 23.5. The summed E-state index contributed by atoms with van der Waals surface area (Å²) in [6, 6.07) is 13.0. The zero-order chi connectivity index (χ0) is 23.3. The molecule has 0 amide bonds. The first-order valence-corrected chi connectivity index (χ1v) is 11.5. The highest BCUT2D eigenvalue weighted by Gasteiger charge is 2.52. The van der Waals surface area contributed by atoms with Crippen LogP contribution in [0.5, 0.6) is 0 Å². The van der Waals surface area contributed by atoms with E-state index in [4.69, 9.17) is 18.6 Å². The summed E-state index contributed by atoms with van der Waals surface area (Å²) in [6.45, 7) is 16.7. The summed E-state index contributed by atoms with van der Waals surface area (Å²) in [7, 11) is 1.36. The Labute approximate surface area is 191 Å². The second kappa shape index (κ2) is 6.63. The van der Waals surface area contributed by atoms with E-state index in [2.05, 4.69) is 103 Å². The SMILES string of the molecule is Cn1c2cc(B3OC(C)(C)C(C)(C)O3)ccc2c2ccc(B3OC(C)(C)C(C)(C)O3)cc21. The first-order chi connectivity index (χ1) is 14.7. The molecule has 1 aromatic heterocycles. The highest BCUT2D eigenvalue weighted by Crippen LogP contribution is 2.38. The van der Waals surface area contributed by atoms with Crippen molar-refractivity contribution in [1.82, 2.24) is 4.57 Å². The molecule has 0 atom stereocenters. The Bertz CT molecular complexity index is 1100. The van der Waals surface area contributed by atoms with Crippen molar-refractivity contribution in [2.75, 3.05) is 0 Å². The van der Waals surface area contributed by atoms with Gasteiger partial charge >= 0.3 is 14.2 Å². The average molecular weight is 433 g/mol. The lowest BCUT2D eigenvalue weighted by atomic mass is 9.78. The lowest BCUT2D eigenvalue weighted by Crippen LogP contribution is -2.41. The molecule has 0 saturated carbocycles. The van der Waals surface area contributed by atoms with E-state index in [-0.39, 0.29) is 36.6 Å². The first-order valence-electron chi connectivity index (χ1n) is 11.5. The summed E-state index contributed by atoms with van der Waals surface area (Å²) in [5.41, 5.74) is 2.94. The Morgan fingerprint density at radius 2 is 0.875 bits per heavy atom. The van der Waals surface area contributed by atoms with E-state index < -0.39 is 0 Å². The molecule has 168 valence electrons. The van der Waals surface area contributed by atoms with Crippen LogP contribution in [0.25, 0.3) is 21.8 Å². The van der Waals surface area contributed by atoms with Gasteiger partial charge in [0.25, 0.3) is 0 Å². The maximum atomic E-state index is 6.27. The number of aryl methyl sites for hydroxylation is 1. The Balaban J connectivity index is 1.54. The largest absolute Gasteiger partial charge is 0.494 e. The predicted molar refractivity (Wildman–Crippen MR) is 132 cm³/mol. The lowest BCUT2D eigenvalue weighted by Gasteiger charge is -2.32. The van der Waals surface area contributed by atoms with Crippen molar-refractivity contribution in [3.63, 3.8) is 0 Å². The molecule has 3 aromatic rings. The van der Waals surface area contributed by atoms with Gasteiger partial charge in [0.05, 0.1) is 22.4 Å². The minimum atomic E-state index is -0.372. The molecule has 2 aromatic carbocycles. The van der Waals surface area contributed by atoms with E-state index in [0.29, 0.717) is 0 Å². The Morgan fingerprint density at radius 3 is 1.19 bits per heavy atom. The fourth-order valence-electron chi connectivity index (χ4n) is 4.49. The standard InChI is InChI=1S/C25H33B2NO4/c1-22(2)23(3,4)30-26(29-22)16-10-12-18-19-13-11-17(15-21(19)28(9)20(18)14-16)27-31-24(5,6)25(7,8)32-27/h10-15H,1-9H3. The summed E-state index contributed by atoms with van der Waals surface area (Å²) in [6.07, 6.45) is 0. The molecule has 7 heteroatoms. The van der Waals surface area contributed by atoms with Crippen LogP contribution in [-0.4, -0.2) is 41.2 Å². The monoisotopic (exact) mass is 433 g/mol. The van der Waals surface area contributed by atoms with Crippen LogP contribution in [0.15, 0.2) is 36.4 Å². The van der Waals surface area contributed by atoms with E-state index in [9.17, 15) is 0 Å². The van der Waals surface area contributed by atoms with Gasteiger partial charge < -0.3 is 23.2 Å². The molecule has 0 bridgehead atoms. The van der Waals surface area contributed by atoms with E-state index in [0.717, 1.165) is 22.0 Å². The third-order valence-electron chi connectivity index (χ3n) is 8.11. The number of rotatable bonds is 2. The molecule has 2 saturated heterocycles. The summed E-state index contributed by atoms with van der Waals surface area (Å²) < 4.78 is 27.3. The van der Waals surface area contributed by atoms with Gasteiger partial charge in [0.15, 0.2) is 0 Å². The van der Waals surface area contributed by atoms with E-state index in [1.165, 1.54) is 10.8 Å². The van der Waals surface area contributed by atoms with E-state index in [1.807, 2.05) is 0 Å². The molecular weight excluding hydrogens is 400 g/mol. The third-order valence-corrected chi connectivity index (χ3v) is 8.11. The van der Waals surface area contributed by atoms with E-state index in [1.54, 1.807) is 0 Å². The minimum absolute atomic E-state index is 0.358. The number of aromatic nitrogens is 1. The van der Waals surface area contributed by atoms with Crippen molar-refractivity contribution in [2.24, 2.45) is 7.05 Å². The van der Waals surface area contributed by atoms with Crippen LogP contribution in [0.3, 0.4) is 0 Å². The molecule has 3 heterocycles. The molecule has 0 spiro atoms. The zero-order valence-corrected chi connectivity index (χ0v) is 20.7. The van der Waals surface area contributed by atoms with Gasteiger partial charge in [0.2, 0.25) is 0 Å². The van der Waals surface area contributed by atoms with E-state index >= 15 is 0 Å². The number of hydrogen-bond donors (Lipinski definition) is 0. The van der Waals surface area contributed by atoms with Gasteiger partial charge in [-0.05, 0) is 78.4 Å². The van der Waals surface area contributed by atoms with Gasteiger partial charge in [-0.25, -0.2) is 0 Å². The van der Waals surface area contributed by atoms with Crippen LogP contribution in [0.1, 0.15) is 55.4 Å². The maximum Gasteiger partial charge on any atom is 0.494 e. The van der Waals surface area contributed by atoms with Gasteiger partial charge in [-0.3, -0.25) is 0 Å². The Morgan fingerprint density at radius 1 is 0.562 bits per heavy atom. The molecule has 0 radical (unpaired) electrons. The minimum Gasteiger partial charge on any atom is -0.399 e. The smallest absolute Gasteiger partial charge is 0.399 e. The van der Waals surface area contributed by atoms with Gasteiger partial charge in [0, 0.05) is 28.9 Å². The molecule has 2 aliphatic heterocycles. The molecule has 5 nitrogen and oxygen atoms in total. The molecular formula is C25H33B2NO4. The summed E-state index contributed by atoms with van der Waals surface area (Å²) >= 11 is 0. The van der Waals surface area contributed by atoms with Crippen LogP contribution in [0, 0.1) is 0 Å². The van der Waals surface area contributed by atoms with Crippen LogP contribution in [0.4, 0.5) is 0 Å². The third kappa shape index (κ3) is 3.09. The highest BCUT2D eigenvalue weighted by molar-refractivity contribution is 6.63. The van der Waals surface area contributed by atoms with Crippen molar-refractivity contribution in [3.05, 3.63) is 36.4 Å². The van der Waals surface area contributed by atoms with Crippen molar-refractivity contribution in [3.8, 4) is 0 Å². The number of fused-ring (bicyclic) bond motifs is 3. The fraction of sp³-hybridized carbons (Fsp3) is 0.520. The molecule has 0 aliphatic carbocycles. The Kier molecular flexibility index (Phi) is 4.56. The summed E-state index contributed by atoms with van der Waals surface area (Å²) in [4.78, 5) is 0. The Hall–Kier alpha value is -1.79. The lowest BCUT2D eigenvalue weighted by molar-refractivity contribution is 0.00578. The topological polar surface area (TPSA) is 41.9 Å². The van der Waals surface area contributed by atoms with Gasteiger partial charge in [-0.2, -0.15) is 0 Å². The van der Waals surface area contributed by atoms with Crippen LogP contribution in [0.2, 0.25) is 0 Å². The molecule has 5 rings (SSSR count). The summed E-state index contributed by atoms with van der Waals surface area (Å²) in [5, 5.41) is 2.42. The van der Waals surface area contributed by atoms with Crippen LogP contribution < -0.4 is 10.9 Å². The highest BCUT2D eigenvalue weighted by atomic mass is 16.7. The predicted octanol–water partition coefficient (Wildman–Crippen LogP) is 3.93. The van der Waals surface area contributed by atoms with Crippen molar-refractivity contribution in [2.45, 2.75) is 77.8 Å². The van der Waals surface area contributed by atoms with Gasteiger partial charge in [0.1, 0.15) is 0 Å². The molecule has 2 fully saturated rings. The quantitative estimate of drug-likeness (QED) is 0.575. The second-order valence-corrected chi connectivity index (χ2v) is 11.3. The average Bonchev–Trinajstić information content (AvgIpc) is 3.19. The van der Waals surface area contributed by atoms with Crippen molar-refractivity contribution >= 4 is 47.0 Å². The first kappa shape index (κ1) is 22.0. The van der Waals surface area contributed by atoms with Crippen LogP contribution >= 0.6 is 0 Å². The molecule has 0 unspecified atom stereocenters. The molecule has 32 heavy (non-hydrogen) atoms. The molecule has 0 N–H and O–H groups in total. The van der Waals surface area contributed by atoms with Gasteiger partial charge in [-0.1, -0.05) is 24.3 Å². The fourth-order valence-corrected chi connectivity index (χ4v) is 4.49. The van der Waals surface area contributed by atoms with Crippen LogP contribution in [-0.2, 0) is 25.7 Å².